The van der Waals surface area contributed by atoms with E-state index in [1.807, 2.05) is 7.05 Å². The third kappa shape index (κ3) is 9.42. The van der Waals surface area contributed by atoms with Crippen LogP contribution in [0.5, 0.6) is 0 Å². The van der Waals surface area contributed by atoms with Crippen molar-refractivity contribution in [2.24, 2.45) is 0 Å². The number of nitrogens with one attached hydrogen (secondary N) is 1. The van der Waals surface area contributed by atoms with E-state index in [1.165, 1.54) is 23.1 Å². The zero-order valence-electron chi connectivity index (χ0n) is 16.2. The van der Waals surface area contributed by atoms with E-state index in [-0.39, 0.29) is 8.07 Å². The molecule has 3 unspecified atom stereocenters. The standard InChI is InChI=1S/C20H37FNP/c1-8-10-14-20(16(3)9-2)19(15-17(4)21)13-11-12-18(5)23(7)22-6/h9,11,13,17-18,22H,8,10,12,14-15H2,1-7H3/b13-11-,16-9+,20-19+. The Morgan fingerprint density at radius 1 is 1.30 bits per heavy atom. The molecule has 0 aromatic rings. The Hall–Kier alpha value is -0.460. The van der Waals surface area contributed by atoms with E-state index in [0.717, 1.165) is 19.3 Å². The summed E-state index contributed by atoms with van der Waals surface area (Å²) in [6, 6.07) is 0. The van der Waals surface area contributed by atoms with Crippen molar-refractivity contribution in [3.8, 4) is 0 Å². The van der Waals surface area contributed by atoms with Gasteiger partial charge in [0.05, 0.1) is 0 Å². The number of rotatable bonds is 11. The zero-order valence-corrected chi connectivity index (χ0v) is 17.1. The van der Waals surface area contributed by atoms with Crippen molar-refractivity contribution in [2.45, 2.75) is 78.6 Å². The summed E-state index contributed by atoms with van der Waals surface area (Å²) in [6.07, 6.45) is 10.7. The second kappa shape index (κ2) is 12.9. The molecule has 0 spiro atoms. The van der Waals surface area contributed by atoms with Gasteiger partial charge >= 0.3 is 0 Å². The van der Waals surface area contributed by atoms with Crippen molar-refractivity contribution < 1.29 is 4.39 Å². The lowest BCUT2D eigenvalue weighted by Crippen LogP contribution is -2.08. The third-order valence-corrected chi connectivity index (χ3v) is 6.63. The summed E-state index contributed by atoms with van der Waals surface area (Å²) in [4.78, 5) is 0. The topological polar surface area (TPSA) is 12.0 Å². The fraction of sp³-hybridized carbons (Fsp3) is 0.700. The van der Waals surface area contributed by atoms with Crippen LogP contribution in [0.2, 0.25) is 0 Å². The molecule has 0 radical (unpaired) electrons. The van der Waals surface area contributed by atoms with Crippen LogP contribution in [0, 0.1) is 0 Å². The molecule has 1 nitrogen and oxygen atoms in total. The molecule has 0 fully saturated rings. The van der Waals surface area contributed by atoms with E-state index in [1.54, 1.807) is 6.92 Å². The van der Waals surface area contributed by atoms with Crippen molar-refractivity contribution >= 4 is 8.07 Å². The second-order valence-corrected chi connectivity index (χ2v) is 8.94. The van der Waals surface area contributed by atoms with Crippen molar-refractivity contribution in [1.29, 1.82) is 0 Å². The zero-order chi connectivity index (χ0) is 17.8. The minimum absolute atomic E-state index is 0.130. The minimum atomic E-state index is -0.797. The van der Waals surface area contributed by atoms with Gasteiger partial charge in [-0.05, 0) is 78.6 Å². The Morgan fingerprint density at radius 3 is 2.43 bits per heavy atom. The summed E-state index contributed by atoms with van der Waals surface area (Å²) in [5, 5.41) is 3.36. The quantitative estimate of drug-likeness (QED) is 0.323. The van der Waals surface area contributed by atoms with Gasteiger partial charge in [-0.25, -0.2) is 4.39 Å². The van der Waals surface area contributed by atoms with Gasteiger partial charge in [0.1, 0.15) is 6.17 Å². The van der Waals surface area contributed by atoms with E-state index in [4.69, 9.17) is 0 Å². The van der Waals surface area contributed by atoms with Gasteiger partial charge in [0, 0.05) is 6.42 Å². The van der Waals surface area contributed by atoms with Crippen LogP contribution in [0.25, 0.3) is 0 Å². The van der Waals surface area contributed by atoms with Gasteiger partial charge in [0.25, 0.3) is 0 Å². The highest BCUT2D eigenvalue weighted by Crippen LogP contribution is 2.33. The van der Waals surface area contributed by atoms with Crippen LogP contribution in [0.1, 0.15) is 66.7 Å². The largest absolute Gasteiger partial charge is 0.299 e. The number of hydrogen-bond donors (Lipinski definition) is 1. The monoisotopic (exact) mass is 341 g/mol. The molecule has 0 saturated heterocycles. The first-order chi connectivity index (χ1) is 10.9. The Morgan fingerprint density at radius 2 is 1.96 bits per heavy atom. The second-order valence-electron chi connectivity index (χ2n) is 6.39. The maximum atomic E-state index is 13.7. The molecule has 0 aromatic carbocycles. The van der Waals surface area contributed by atoms with Crippen molar-refractivity contribution in [2.75, 3.05) is 13.7 Å². The molecule has 0 aliphatic heterocycles. The Balaban J connectivity index is 5.31. The number of unbranched alkanes of at least 4 members (excludes halogenated alkanes) is 1. The van der Waals surface area contributed by atoms with E-state index in [2.05, 4.69) is 57.7 Å². The Kier molecular flexibility index (Phi) is 12.6. The van der Waals surface area contributed by atoms with Gasteiger partial charge < -0.3 is 0 Å². The van der Waals surface area contributed by atoms with Crippen LogP contribution in [-0.2, 0) is 0 Å². The normalized spacial score (nSPS) is 18.0. The lowest BCUT2D eigenvalue weighted by Gasteiger charge is -2.18. The molecule has 0 amide bonds. The number of alkyl halides is 1. The fourth-order valence-corrected chi connectivity index (χ4v) is 3.40. The van der Waals surface area contributed by atoms with Gasteiger partial charge in [0.15, 0.2) is 0 Å². The van der Waals surface area contributed by atoms with Gasteiger partial charge in [-0.15, -0.1) is 0 Å². The molecule has 0 saturated carbocycles. The van der Waals surface area contributed by atoms with Crippen molar-refractivity contribution in [3.63, 3.8) is 0 Å². The highest BCUT2D eigenvalue weighted by atomic mass is 31.1. The first-order valence-corrected chi connectivity index (χ1v) is 10.8. The van der Waals surface area contributed by atoms with Crippen molar-refractivity contribution in [1.82, 2.24) is 5.09 Å². The third-order valence-electron chi connectivity index (χ3n) is 4.39. The van der Waals surface area contributed by atoms with E-state index in [9.17, 15) is 4.39 Å². The van der Waals surface area contributed by atoms with Crippen LogP contribution in [0.15, 0.2) is 34.9 Å². The summed E-state index contributed by atoms with van der Waals surface area (Å²) in [5.74, 6) is 0. The first-order valence-electron chi connectivity index (χ1n) is 8.93. The molecule has 0 aromatic heterocycles. The highest BCUT2D eigenvalue weighted by molar-refractivity contribution is 7.55. The summed E-state index contributed by atoms with van der Waals surface area (Å²) in [7, 11) is 1.90. The van der Waals surface area contributed by atoms with Crippen molar-refractivity contribution in [3.05, 3.63) is 34.9 Å². The summed E-state index contributed by atoms with van der Waals surface area (Å²) in [6.45, 7) is 12.6. The molecule has 0 heterocycles. The molecule has 0 bridgehead atoms. The number of allylic oxidation sites excluding steroid dienone is 6. The molecule has 0 aliphatic carbocycles. The molecular weight excluding hydrogens is 304 g/mol. The maximum absolute atomic E-state index is 13.7. The molecule has 23 heavy (non-hydrogen) atoms. The lowest BCUT2D eigenvalue weighted by atomic mass is 9.92. The molecule has 3 atom stereocenters. The summed E-state index contributed by atoms with van der Waals surface area (Å²) < 4.78 is 13.7. The number of hydrogen-bond acceptors (Lipinski definition) is 1. The average molecular weight is 341 g/mol. The highest BCUT2D eigenvalue weighted by Gasteiger charge is 2.11. The molecule has 0 rings (SSSR count). The van der Waals surface area contributed by atoms with Crippen LogP contribution in [0.3, 0.4) is 0 Å². The molecule has 0 aliphatic rings. The van der Waals surface area contributed by atoms with E-state index >= 15 is 0 Å². The van der Waals surface area contributed by atoms with Gasteiger partial charge in [0.2, 0.25) is 0 Å². The van der Waals surface area contributed by atoms with E-state index in [0.29, 0.717) is 12.1 Å². The smallest absolute Gasteiger partial charge is 0.101 e. The summed E-state index contributed by atoms with van der Waals surface area (Å²) >= 11 is 0. The lowest BCUT2D eigenvalue weighted by molar-refractivity contribution is 0.360. The van der Waals surface area contributed by atoms with Crippen LogP contribution < -0.4 is 5.09 Å². The van der Waals surface area contributed by atoms with Gasteiger partial charge in [-0.3, -0.25) is 5.09 Å². The van der Waals surface area contributed by atoms with Crippen LogP contribution in [0.4, 0.5) is 4.39 Å². The summed E-state index contributed by atoms with van der Waals surface area (Å²) in [5.41, 5.74) is 4.45. The van der Waals surface area contributed by atoms with Crippen LogP contribution in [-0.4, -0.2) is 25.5 Å². The predicted molar refractivity (Wildman–Crippen MR) is 106 cm³/mol. The Bertz CT molecular complexity index is 410. The number of halogens is 1. The minimum Gasteiger partial charge on any atom is -0.299 e. The van der Waals surface area contributed by atoms with Gasteiger partial charge in [-0.1, -0.05) is 44.1 Å². The van der Waals surface area contributed by atoms with E-state index < -0.39 is 6.17 Å². The van der Waals surface area contributed by atoms with Gasteiger partial charge in [-0.2, -0.15) is 0 Å². The molecule has 3 heteroatoms. The molecule has 1 N–H and O–H groups in total. The Labute approximate surface area is 145 Å². The SMILES string of the molecule is C/C=C(C)/C(CCCC)=C(\C=C/CC(C)P(C)NC)CC(C)F. The molecular formula is C20H37FNP. The van der Waals surface area contributed by atoms with Crippen LogP contribution >= 0.6 is 8.07 Å². The predicted octanol–water partition coefficient (Wildman–Crippen LogP) is 6.77. The maximum Gasteiger partial charge on any atom is 0.101 e. The first kappa shape index (κ1) is 22.5. The average Bonchev–Trinajstić information content (AvgIpc) is 2.52. The molecule has 134 valence electrons. The fourth-order valence-electron chi connectivity index (χ4n) is 2.52.